The first kappa shape index (κ1) is 20.4. The largest absolute Gasteiger partial charge is 0.490 e. The number of ether oxygens (including phenoxy) is 2. The number of nitrogens with zero attached hydrogens (tertiary/aromatic N) is 1. The number of carbonyl (C=O) groups is 1. The molecule has 0 aliphatic carbocycles. The molecule has 26 heavy (non-hydrogen) atoms. The van der Waals surface area contributed by atoms with Crippen LogP contribution in [0.25, 0.3) is 0 Å². The highest BCUT2D eigenvalue weighted by molar-refractivity contribution is 7.94. The van der Waals surface area contributed by atoms with Crippen molar-refractivity contribution >= 4 is 25.8 Å². The quantitative estimate of drug-likeness (QED) is 0.467. The molecular formula is C16H21NO7S2. The minimum atomic E-state index is -3.49. The van der Waals surface area contributed by atoms with Crippen LogP contribution >= 0.6 is 0 Å². The summed E-state index contributed by atoms with van der Waals surface area (Å²) >= 11 is 0. The number of hydrogen-bond acceptors (Lipinski definition) is 7. The van der Waals surface area contributed by atoms with Crippen LogP contribution < -0.4 is 4.74 Å². The van der Waals surface area contributed by atoms with Crippen molar-refractivity contribution in [2.45, 2.75) is 11.3 Å². The molecular weight excluding hydrogens is 382 g/mol. The third-order valence-electron chi connectivity index (χ3n) is 3.65. The molecule has 1 aliphatic rings. The lowest BCUT2D eigenvalue weighted by atomic mass is 10.1. The van der Waals surface area contributed by atoms with Gasteiger partial charge in [-0.1, -0.05) is 6.08 Å². The zero-order valence-corrected chi connectivity index (χ0v) is 16.1. The van der Waals surface area contributed by atoms with E-state index in [0.29, 0.717) is 5.75 Å². The number of rotatable bonds is 8. The standard InChI is InChI=1S/C16H21NO7S2/c1-17(2)26(21,22)15-5-3-14(4-6-15)23-8-9-24-16(18)11-13-7-10-25(19,20)12-13/h3-7,10,13H,8-9,11-12H2,1-2H3. The summed E-state index contributed by atoms with van der Waals surface area (Å²) in [4.78, 5) is 11.8. The summed E-state index contributed by atoms with van der Waals surface area (Å²) < 4.78 is 57.9. The number of hydrogen-bond donors (Lipinski definition) is 0. The van der Waals surface area contributed by atoms with Gasteiger partial charge in [0.1, 0.15) is 19.0 Å². The van der Waals surface area contributed by atoms with Gasteiger partial charge in [-0.05, 0) is 24.3 Å². The normalized spacial score (nSPS) is 18.8. The molecule has 0 bridgehead atoms. The third-order valence-corrected chi connectivity index (χ3v) is 6.94. The van der Waals surface area contributed by atoms with Gasteiger partial charge in [-0.25, -0.2) is 21.1 Å². The first-order valence-corrected chi connectivity index (χ1v) is 11.0. The molecule has 8 nitrogen and oxygen atoms in total. The number of benzene rings is 1. The van der Waals surface area contributed by atoms with Gasteiger partial charge in [0.2, 0.25) is 10.0 Å². The van der Waals surface area contributed by atoms with Crippen LogP contribution in [-0.4, -0.2) is 60.2 Å². The summed E-state index contributed by atoms with van der Waals surface area (Å²) in [7, 11) is -3.77. The van der Waals surface area contributed by atoms with Gasteiger partial charge in [-0.2, -0.15) is 0 Å². The molecule has 1 unspecified atom stereocenters. The van der Waals surface area contributed by atoms with Crippen LogP contribution in [0.5, 0.6) is 5.75 Å². The summed E-state index contributed by atoms with van der Waals surface area (Å²) in [6, 6.07) is 5.91. The average Bonchev–Trinajstić information content (AvgIpc) is 2.90. The van der Waals surface area contributed by atoms with Crippen LogP contribution in [-0.2, 0) is 29.4 Å². The lowest BCUT2D eigenvalue weighted by Crippen LogP contribution is -2.22. The Kier molecular flexibility index (Phi) is 6.43. The van der Waals surface area contributed by atoms with E-state index in [9.17, 15) is 21.6 Å². The number of carbonyl (C=O) groups excluding carboxylic acids is 1. The van der Waals surface area contributed by atoms with Gasteiger partial charge in [-0.15, -0.1) is 0 Å². The zero-order chi connectivity index (χ0) is 19.4. The molecule has 0 saturated carbocycles. The summed E-state index contributed by atoms with van der Waals surface area (Å²) in [6.45, 7) is 0.115. The van der Waals surface area contributed by atoms with E-state index in [1.165, 1.54) is 44.4 Å². The Morgan fingerprint density at radius 1 is 1.19 bits per heavy atom. The summed E-state index contributed by atoms with van der Waals surface area (Å²) in [5.74, 6) is -0.461. The molecule has 0 fully saturated rings. The van der Waals surface area contributed by atoms with Gasteiger partial charge >= 0.3 is 5.97 Å². The molecule has 0 saturated heterocycles. The van der Waals surface area contributed by atoms with Gasteiger partial charge in [0.25, 0.3) is 0 Å². The average molecular weight is 403 g/mol. The van der Waals surface area contributed by atoms with E-state index in [2.05, 4.69) is 0 Å². The van der Waals surface area contributed by atoms with E-state index in [-0.39, 0.29) is 36.2 Å². The first-order valence-electron chi connectivity index (χ1n) is 7.82. The Hall–Kier alpha value is -1.91. The van der Waals surface area contributed by atoms with E-state index in [1.807, 2.05) is 0 Å². The molecule has 0 N–H and O–H groups in total. The summed E-state index contributed by atoms with van der Waals surface area (Å²) in [5.41, 5.74) is 0. The molecule has 0 aromatic heterocycles. The highest BCUT2D eigenvalue weighted by Gasteiger charge is 2.24. The molecule has 0 radical (unpaired) electrons. The highest BCUT2D eigenvalue weighted by Crippen LogP contribution is 2.19. The van der Waals surface area contributed by atoms with Gasteiger partial charge in [0.15, 0.2) is 9.84 Å². The second kappa shape index (κ2) is 8.19. The van der Waals surface area contributed by atoms with Crippen LogP contribution in [0.1, 0.15) is 6.42 Å². The lowest BCUT2D eigenvalue weighted by molar-refractivity contribution is -0.144. The van der Waals surface area contributed by atoms with Gasteiger partial charge < -0.3 is 9.47 Å². The fraction of sp³-hybridized carbons (Fsp3) is 0.438. The van der Waals surface area contributed by atoms with Gasteiger partial charge in [-0.3, -0.25) is 4.79 Å². The van der Waals surface area contributed by atoms with Crippen LogP contribution in [0.4, 0.5) is 0 Å². The first-order chi connectivity index (χ1) is 12.1. The second-order valence-corrected chi connectivity index (χ2v) is 10.0. The van der Waals surface area contributed by atoms with E-state index < -0.39 is 25.8 Å². The van der Waals surface area contributed by atoms with Crippen molar-refractivity contribution < 1.29 is 31.1 Å². The maximum atomic E-state index is 11.9. The number of allylic oxidation sites excluding steroid dienone is 1. The van der Waals surface area contributed by atoms with E-state index in [4.69, 9.17) is 9.47 Å². The van der Waals surface area contributed by atoms with Crippen LogP contribution in [0.15, 0.2) is 40.6 Å². The molecule has 10 heteroatoms. The Labute approximate surface area is 153 Å². The number of esters is 1. The van der Waals surface area contributed by atoms with Crippen LogP contribution in [0, 0.1) is 5.92 Å². The van der Waals surface area contributed by atoms with Crippen molar-refractivity contribution in [1.82, 2.24) is 4.31 Å². The van der Waals surface area contributed by atoms with Crippen LogP contribution in [0.3, 0.4) is 0 Å². The predicted molar refractivity (Wildman–Crippen MR) is 94.8 cm³/mol. The molecule has 0 spiro atoms. The van der Waals surface area contributed by atoms with Crippen molar-refractivity contribution in [2.75, 3.05) is 33.1 Å². The molecule has 1 aliphatic heterocycles. The van der Waals surface area contributed by atoms with Crippen molar-refractivity contribution in [2.24, 2.45) is 5.92 Å². The van der Waals surface area contributed by atoms with Gasteiger partial charge in [0.05, 0.1) is 17.1 Å². The third kappa shape index (κ3) is 5.55. The SMILES string of the molecule is CN(C)S(=O)(=O)c1ccc(OCCOC(=O)CC2C=CS(=O)(=O)C2)cc1. The number of sulfonamides is 1. The summed E-state index contributed by atoms with van der Waals surface area (Å²) in [5, 5.41) is 1.12. The topological polar surface area (TPSA) is 107 Å². The van der Waals surface area contributed by atoms with Crippen molar-refractivity contribution in [3.05, 3.63) is 35.7 Å². The Bertz CT molecular complexity index is 872. The molecule has 2 rings (SSSR count). The molecule has 144 valence electrons. The maximum Gasteiger partial charge on any atom is 0.306 e. The fourth-order valence-electron chi connectivity index (χ4n) is 2.27. The maximum absolute atomic E-state index is 11.9. The summed E-state index contributed by atoms with van der Waals surface area (Å²) in [6.07, 6.45) is 1.50. The van der Waals surface area contributed by atoms with E-state index in [0.717, 1.165) is 9.71 Å². The Morgan fingerprint density at radius 2 is 1.85 bits per heavy atom. The lowest BCUT2D eigenvalue weighted by Gasteiger charge is -2.12. The Morgan fingerprint density at radius 3 is 2.38 bits per heavy atom. The zero-order valence-electron chi connectivity index (χ0n) is 14.5. The van der Waals surface area contributed by atoms with E-state index in [1.54, 1.807) is 0 Å². The molecule has 1 aromatic carbocycles. The van der Waals surface area contributed by atoms with Crippen molar-refractivity contribution in [1.29, 1.82) is 0 Å². The fourth-order valence-corrected chi connectivity index (χ4v) is 4.57. The monoisotopic (exact) mass is 403 g/mol. The Balaban J connectivity index is 1.73. The molecule has 1 atom stereocenters. The number of sulfone groups is 1. The minimum Gasteiger partial charge on any atom is -0.490 e. The molecule has 1 aromatic rings. The van der Waals surface area contributed by atoms with E-state index >= 15 is 0 Å². The molecule has 1 heterocycles. The minimum absolute atomic E-state index is 0.00677. The molecule has 0 amide bonds. The smallest absolute Gasteiger partial charge is 0.306 e. The van der Waals surface area contributed by atoms with Gasteiger partial charge in [0, 0.05) is 25.4 Å². The van der Waals surface area contributed by atoms with Crippen molar-refractivity contribution in [3.63, 3.8) is 0 Å². The predicted octanol–water partition coefficient (Wildman–Crippen LogP) is 0.807. The van der Waals surface area contributed by atoms with Crippen molar-refractivity contribution in [3.8, 4) is 5.75 Å². The highest BCUT2D eigenvalue weighted by atomic mass is 32.2. The second-order valence-electron chi connectivity index (χ2n) is 5.95. The van der Waals surface area contributed by atoms with Crippen LogP contribution in [0.2, 0.25) is 0 Å².